The number of rotatable bonds is 8. The predicted octanol–water partition coefficient (Wildman–Crippen LogP) is 3.22. The predicted molar refractivity (Wildman–Crippen MR) is 111 cm³/mol. The number of esters is 1. The molecule has 0 saturated carbocycles. The lowest BCUT2D eigenvalue weighted by Gasteiger charge is -2.31. The first-order valence-corrected chi connectivity index (χ1v) is 9.90. The van der Waals surface area contributed by atoms with Crippen molar-refractivity contribution in [3.63, 3.8) is 0 Å². The average Bonchev–Trinajstić information content (AvgIpc) is 2.68. The molecular formula is C21H29N5O2. The third kappa shape index (κ3) is 6.20. The summed E-state index contributed by atoms with van der Waals surface area (Å²) in [6, 6.07) is 10.1. The molecule has 1 aliphatic rings. The highest BCUT2D eigenvalue weighted by molar-refractivity contribution is 5.71. The van der Waals surface area contributed by atoms with E-state index in [2.05, 4.69) is 44.6 Å². The minimum absolute atomic E-state index is 0.131. The largest absolute Gasteiger partial charge is 0.465 e. The highest BCUT2D eigenvalue weighted by atomic mass is 16.5. The van der Waals surface area contributed by atoms with Gasteiger partial charge in [0.15, 0.2) is 0 Å². The average molecular weight is 383 g/mol. The van der Waals surface area contributed by atoms with Gasteiger partial charge in [0.2, 0.25) is 0 Å². The molecule has 0 spiro atoms. The third-order valence-electron chi connectivity index (χ3n) is 4.89. The summed E-state index contributed by atoms with van der Waals surface area (Å²) in [6.07, 6.45) is 3.69. The van der Waals surface area contributed by atoms with Crippen molar-refractivity contribution < 1.29 is 9.53 Å². The normalized spacial score (nSPS) is 15.2. The van der Waals surface area contributed by atoms with Crippen molar-refractivity contribution in [2.24, 2.45) is 5.92 Å². The van der Waals surface area contributed by atoms with Gasteiger partial charge >= 0.3 is 5.97 Å². The lowest BCUT2D eigenvalue weighted by atomic mass is 9.97. The molecule has 150 valence electrons. The van der Waals surface area contributed by atoms with Gasteiger partial charge in [0, 0.05) is 18.3 Å². The Morgan fingerprint density at radius 1 is 1.21 bits per heavy atom. The van der Waals surface area contributed by atoms with Crippen molar-refractivity contribution in [3.8, 4) is 0 Å². The SMILES string of the molecule is CCOC(=O)CN1CCC(CNc2cc(Nc3cccc(C)c3)ncn2)CC1. The van der Waals surface area contributed by atoms with E-state index in [1.54, 1.807) is 6.33 Å². The van der Waals surface area contributed by atoms with Crippen molar-refractivity contribution in [3.05, 3.63) is 42.2 Å². The Kier molecular flexibility index (Phi) is 7.19. The summed E-state index contributed by atoms with van der Waals surface area (Å²) in [7, 11) is 0. The molecule has 1 aromatic heterocycles. The molecule has 0 amide bonds. The van der Waals surface area contributed by atoms with E-state index in [1.165, 1.54) is 5.56 Å². The molecule has 2 aromatic rings. The zero-order valence-electron chi connectivity index (χ0n) is 16.6. The number of hydrogen-bond donors (Lipinski definition) is 2. The van der Waals surface area contributed by atoms with Crippen molar-refractivity contribution in [1.29, 1.82) is 0 Å². The van der Waals surface area contributed by atoms with E-state index in [0.717, 1.165) is 49.8 Å². The number of benzene rings is 1. The number of hydrogen-bond acceptors (Lipinski definition) is 7. The minimum Gasteiger partial charge on any atom is -0.465 e. The quantitative estimate of drug-likeness (QED) is 0.678. The number of anilines is 3. The first-order valence-electron chi connectivity index (χ1n) is 9.90. The van der Waals surface area contributed by atoms with Crippen LogP contribution in [-0.4, -0.2) is 53.6 Å². The number of likely N-dealkylation sites (tertiary alicyclic amines) is 1. The topological polar surface area (TPSA) is 79.4 Å². The van der Waals surface area contributed by atoms with Gasteiger partial charge in [-0.25, -0.2) is 9.97 Å². The van der Waals surface area contributed by atoms with E-state index in [-0.39, 0.29) is 5.97 Å². The standard InChI is InChI=1S/C21H29N5O2/c1-3-28-21(27)14-26-9-7-17(8-10-26)13-22-19-12-20(24-15-23-19)25-18-6-4-5-16(2)11-18/h4-6,11-12,15,17H,3,7-10,13-14H2,1-2H3,(H2,22,23,24,25). The Hall–Kier alpha value is -2.67. The number of carbonyl (C=O) groups excluding carboxylic acids is 1. The molecule has 0 radical (unpaired) electrons. The Bertz CT molecular complexity index is 775. The van der Waals surface area contributed by atoms with Crippen LogP contribution in [0.2, 0.25) is 0 Å². The molecule has 1 fully saturated rings. The summed E-state index contributed by atoms with van der Waals surface area (Å²) in [5.74, 6) is 2.03. The van der Waals surface area contributed by atoms with Crippen LogP contribution in [0.3, 0.4) is 0 Å². The Morgan fingerprint density at radius 3 is 2.75 bits per heavy atom. The number of piperidine rings is 1. The molecule has 0 aliphatic carbocycles. The van der Waals surface area contributed by atoms with E-state index in [9.17, 15) is 4.79 Å². The number of aryl methyl sites for hydroxylation is 1. The zero-order valence-corrected chi connectivity index (χ0v) is 16.6. The highest BCUT2D eigenvalue weighted by Crippen LogP contribution is 2.20. The first kappa shape index (κ1) is 20.1. The number of aromatic nitrogens is 2. The van der Waals surface area contributed by atoms with Gasteiger partial charge in [-0.15, -0.1) is 0 Å². The van der Waals surface area contributed by atoms with Crippen LogP contribution in [0.15, 0.2) is 36.7 Å². The number of nitrogens with one attached hydrogen (secondary N) is 2. The molecule has 7 nitrogen and oxygen atoms in total. The maximum Gasteiger partial charge on any atom is 0.320 e. The van der Waals surface area contributed by atoms with Crippen LogP contribution in [0.4, 0.5) is 17.3 Å². The molecule has 3 rings (SSSR count). The monoisotopic (exact) mass is 383 g/mol. The van der Waals surface area contributed by atoms with Crippen molar-refractivity contribution >= 4 is 23.3 Å². The van der Waals surface area contributed by atoms with Crippen LogP contribution in [0.1, 0.15) is 25.3 Å². The van der Waals surface area contributed by atoms with Gasteiger partial charge in [0.05, 0.1) is 13.2 Å². The summed E-state index contributed by atoms with van der Waals surface area (Å²) in [5.41, 5.74) is 2.21. The van der Waals surface area contributed by atoms with E-state index in [0.29, 0.717) is 19.1 Å². The second-order valence-electron chi connectivity index (χ2n) is 7.19. The van der Waals surface area contributed by atoms with Gasteiger partial charge in [-0.3, -0.25) is 9.69 Å². The Morgan fingerprint density at radius 2 is 2.00 bits per heavy atom. The van der Waals surface area contributed by atoms with E-state index in [4.69, 9.17) is 4.74 Å². The smallest absolute Gasteiger partial charge is 0.320 e. The number of carbonyl (C=O) groups is 1. The van der Waals surface area contributed by atoms with Gasteiger partial charge in [0.1, 0.15) is 18.0 Å². The summed E-state index contributed by atoms with van der Waals surface area (Å²) in [5, 5.41) is 6.74. The second-order valence-corrected chi connectivity index (χ2v) is 7.19. The summed E-state index contributed by atoms with van der Waals surface area (Å²) in [6.45, 7) is 7.46. The highest BCUT2D eigenvalue weighted by Gasteiger charge is 2.21. The molecular weight excluding hydrogens is 354 g/mol. The second kappa shape index (κ2) is 10.0. The van der Waals surface area contributed by atoms with Crippen molar-refractivity contribution in [2.75, 3.05) is 43.4 Å². The molecule has 0 bridgehead atoms. The molecule has 0 unspecified atom stereocenters. The van der Waals surface area contributed by atoms with Crippen LogP contribution < -0.4 is 10.6 Å². The molecule has 0 atom stereocenters. The third-order valence-corrected chi connectivity index (χ3v) is 4.89. The molecule has 2 heterocycles. The lowest BCUT2D eigenvalue weighted by molar-refractivity contribution is -0.144. The van der Waals surface area contributed by atoms with Crippen molar-refractivity contribution in [2.45, 2.75) is 26.7 Å². The Balaban J connectivity index is 1.45. The van der Waals surface area contributed by atoms with Crippen LogP contribution in [0.25, 0.3) is 0 Å². The van der Waals surface area contributed by atoms with Crippen LogP contribution in [-0.2, 0) is 9.53 Å². The van der Waals surface area contributed by atoms with E-state index >= 15 is 0 Å². The molecule has 1 saturated heterocycles. The van der Waals surface area contributed by atoms with E-state index in [1.807, 2.05) is 25.1 Å². The molecule has 1 aromatic carbocycles. The fraction of sp³-hybridized carbons (Fsp3) is 0.476. The fourth-order valence-electron chi connectivity index (χ4n) is 3.38. The van der Waals surface area contributed by atoms with Gasteiger partial charge in [-0.05, 0) is 63.4 Å². The maximum absolute atomic E-state index is 11.6. The van der Waals surface area contributed by atoms with Crippen LogP contribution in [0, 0.1) is 12.8 Å². The molecule has 2 N–H and O–H groups in total. The van der Waals surface area contributed by atoms with Gasteiger partial charge < -0.3 is 15.4 Å². The summed E-state index contributed by atoms with van der Waals surface area (Å²) < 4.78 is 5.02. The van der Waals surface area contributed by atoms with Crippen LogP contribution >= 0.6 is 0 Å². The Labute approximate surface area is 166 Å². The fourth-order valence-corrected chi connectivity index (χ4v) is 3.38. The number of nitrogens with zero attached hydrogens (tertiary/aromatic N) is 3. The summed E-state index contributed by atoms with van der Waals surface area (Å²) in [4.78, 5) is 22.4. The molecule has 1 aliphatic heterocycles. The summed E-state index contributed by atoms with van der Waals surface area (Å²) >= 11 is 0. The van der Waals surface area contributed by atoms with Crippen LogP contribution in [0.5, 0.6) is 0 Å². The molecule has 28 heavy (non-hydrogen) atoms. The molecule has 7 heteroatoms. The maximum atomic E-state index is 11.6. The minimum atomic E-state index is -0.131. The lowest BCUT2D eigenvalue weighted by Crippen LogP contribution is -2.39. The van der Waals surface area contributed by atoms with Gasteiger partial charge in [-0.2, -0.15) is 0 Å². The van der Waals surface area contributed by atoms with E-state index < -0.39 is 0 Å². The number of ether oxygens (including phenoxy) is 1. The zero-order chi connectivity index (χ0) is 19.8. The van der Waals surface area contributed by atoms with Crippen molar-refractivity contribution in [1.82, 2.24) is 14.9 Å². The van der Waals surface area contributed by atoms with Gasteiger partial charge in [0.25, 0.3) is 0 Å². The van der Waals surface area contributed by atoms with Gasteiger partial charge in [-0.1, -0.05) is 12.1 Å². The first-order chi connectivity index (χ1) is 13.6.